The molecule has 6 rings (SSSR count). The summed E-state index contributed by atoms with van der Waals surface area (Å²) in [5.74, 6) is 0.398. The predicted octanol–water partition coefficient (Wildman–Crippen LogP) is 7.07. The third kappa shape index (κ3) is 7.45. The van der Waals surface area contributed by atoms with Crippen LogP contribution in [0.25, 0.3) is 5.57 Å². The van der Waals surface area contributed by atoms with Gasteiger partial charge in [0.25, 0.3) is 0 Å². The van der Waals surface area contributed by atoms with Crippen LogP contribution in [0, 0.1) is 5.41 Å². The summed E-state index contributed by atoms with van der Waals surface area (Å²) in [5.41, 5.74) is 11.2. The number of hydrogen-bond donors (Lipinski definition) is 2. The Morgan fingerprint density at radius 1 is 0.979 bits per heavy atom. The Morgan fingerprint density at radius 3 is 2.36 bits per heavy atom. The monoisotopic (exact) mass is 679 g/mol. The first-order valence-corrected chi connectivity index (χ1v) is 16.6. The average molecular weight is 681 g/mol. The lowest BCUT2D eigenvalue weighted by Gasteiger charge is -2.46. The van der Waals surface area contributed by atoms with Gasteiger partial charge in [0.2, 0.25) is 0 Å². The van der Waals surface area contributed by atoms with Gasteiger partial charge in [-0.2, -0.15) is 0 Å². The Morgan fingerprint density at radius 2 is 1.70 bits per heavy atom. The van der Waals surface area contributed by atoms with Crippen molar-refractivity contribution in [3.63, 3.8) is 0 Å². The minimum Gasteiger partial charge on any atom is -0.465 e. The first kappa shape index (κ1) is 32.9. The zero-order valence-electron chi connectivity index (χ0n) is 26.4. The highest BCUT2D eigenvalue weighted by molar-refractivity contribution is 6.32. The summed E-state index contributed by atoms with van der Waals surface area (Å²) in [6, 6.07) is 15.2. The molecule has 3 aliphatic rings. The number of halogens is 2. The molecule has 0 unspecified atom stereocenters. The quantitative estimate of drug-likeness (QED) is 0.253. The lowest BCUT2D eigenvalue weighted by atomic mass is 9.65. The van der Waals surface area contributed by atoms with Crippen LogP contribution in [0.5, 0.6) is 11.5 Å². The topological polar surface area (TPSA) is 121 Å². The number of methoxy groups -OCH3 is 1. The number of allylic oxidation sites excluding steroid dienone is 1. The number of carbonyl (C=O) groups excluding carboxylic acids is 1. The van der Waals surface area contributed by atoms with Crippen molar-refractivity contribution in [2.45, 2.75) is 32.1 Å². The minimum atomic E-state index is -0.823. The molecule has 3 heterocycles. The highest BCUT2D eigenvalue weighted by atomic mass is 35.5. The molecule has 10 nitrogen and oxygen atoms in total. The molecule has 2 aliphatic heterocycles. The molecule has 3 N–H and O–H groups in total. The third-order valence-corrected chi connectivity index (χ3v) is 10.4. The molecular weight excluding hydrogens is 641 g/mol. The number of aromatic nitrogens is 1. The summed E-state index contributed by atoms with van der Waals surface area (Å²) >= 11 is 12.4. The lowest BCUT2D eigenvalue weighted by molar-refractivity contribution is 0.0597. The number of rotatable bonds is 7. The van der Waals surface area contributed by atoms with Gasteiger partial charge in [0.15, 0.2) is 0 Å². The number of likely N-dealkylation sites (tertiary alicyclic amines) is 1. The second-order valence-corrected chi connectivity index (χ2v) is 13.5. The number of amides is 1. The third-order valence-electron chi connectivity index (χ3n) is 9.80. The van der Waals surface area contributed by atoms with E-state index in [-0.39, 0.29) is 16.3 Å². The van der Waals surface area contributed by atoms with E-state index in [4.69, 9.17) is 38.4 Å². The lowest BCUT2D eigenvalue weighted by Crippen LogP contribution is -2.48. The van der Waals surface area contributed by atoms with Gasteiger partial charge < -0.3 is 30.1 Å². The highest BCUT2D eigenvalue weighted by Gasteiger charge is 2.40. The van der Waals surface area contributed by atoms with Gasteiger partial charge in [0.1, 0.15) is 22.9 Å². The number of pyridine rings is 1. The van der Waals surface area contributed by atoms with Crippen molar-refractivity contribution < 1.29 is 24.2 Å². The second kappa shape index (κ2) is 14.0. The molecule has 12 heteroatoms. The number of nitrogens with two attached hydrogens (primary N) is 1. The van der Waals surface area contributed by atoms with Crippen LogP contribution in [0.15, 0.2) is 60.3 Å². The normalized spacial score (nSPS) is 18.4. The molecule has 248 valence electrons. The number of carbonyl (C=O) groups is 2. The number of hydrogen-bond acceptors (Lipinski definition) is 8. The molecule has 2 fully saturated rings. The van der Waals surface area contributed by atoms with Crippen LogP contribution in [0.2, 0.25) is 10.0 Å². The summed E-state index contributed by atoms with van der Waals surface area (Å²) in [6.07, 6.45) is 5.47. The number of nitrogens with zero attached hydrogens (tertiary/aromatic N) is 4. The standard InChI is InChI=1S/C35H39Cl2N5O5/c1-46-33(43)29-7-6-26(18-31(29)47-27-19-30(37)32(38)39-21-27)41-16-14-40(15-17-41)22-24-20-35(10-12-42(13-11-35)34(44)45)9-8-28(24)23-2-4-25(36)5-3-23/h2-7,18-19,21H,8-17,20,22H2,1H3,(H2,38,39)(H,44,45). The molecule has 0 bridgehead atoms. The van der Waals surface area contributed by atoms with E-state index in [9.17, 15) is 14.7 Å². The zero-order chi connectivity index (χ0) is 33.1. The van der Waals surface area contributed by atoms with Crippen LogP contribution >= 0.6 is 23.2 Å². The first-order valence-electron chi connectivity index (χ1n) is 15.9. The Labute approximate surface area is 284 Å². The SMILES string of the molecule is COC(=O)c1ccc(N2CCN(CC3=C(c4ccc(Cl)cc4)CCC4(CCN(C(=O)O)CC4)C3)CC2)cc1Oc1cnc(N)c(Cl)c1. The van der Waals surface area contributed by atoms with Crippen molar-refractivity contribution in [2.24, 2.45) is 5.41 Å². The Balaban J connectivity index is 1.18. The Hall–Kier alpha value is -3.99. The average Bonchev–Trinajstić information content (AvgIpc) is 3.07. The number of benzene rings is 2. The van der Waals surface area contributed by atoms with Crippen LogP contribution in [0.3, 0.4) is 0 Å². The maximum atomic E-state index is 12.5. The largest absolute Gasteiger partial charge is 0.465 e. The van der Waals surface area contributed by atoms with Crippen LogP contribution < -0.4 is 15.4 Å². The van der Waals surface area contributed by atoms with Crippen LogP contribution in [0.4, 0.5) is 16.3 Å². The molecule has 1 aromatic heterocycles. The van der Waals surface area contributed by atoms with E-state index in [1.807, 2.05) is 24.3 Å². The highest BCUT2D eigenvalue weighted by Crippen LogP contribution is 2.49. The molecule has 47 heavy (non-hydrogen) atoms. The van der Waals surface area contributed by atoms with Crippen LogP contribution in [0.1, 0.15) is 48.0 Å². The molecule has 0 atom stereocenters. The minimum absolute atomic E-state index is 0.140. The second-order valence-electron chi connectivity index (χ2n) is 12.6. The van der Waals surface area contributed by atoms with E-state index < -0.39 is 12.1 Å². The fraction of sp³-hybridized carbons (Fsp3) is 0.400. The van der Waals surface area contributed by atoms with Gasteiger partial charge in [-0.1, -0.05) is 40.9 Å². The molecule has 2 aromatic carbocycles. The fourth-order valence-corrected chi connectivity index (χ4v) is 7.37. The Bertz CT molecular complexity index is 1670. The molecule has 1 aliphatic carbocycles. The number of nitrogen functional groups attached to an aromatic ring is 1. The van der Waals surface area contributed by atoms with Crippen molar-refractivity contribution in [3.05, 3.63) is 81.5 Å². The molecule has 1 amide bonds. The van der Waals surface area contributed by atoms with Gasteiger partial charge in [0, 0.05) is 68.7 Å². The van der Waals surface area contributed by atoms with Crippen LogP contribution in [-0.2, 0) is 4.74 Å². The summed E-state index contributed by atoms with van der Waals surface area (Å²) in [5, 5.41) is 10.5. The van der Waals surface area contributed by atoms with Crippen LogP contribution in [-0.4, -0.2) is 84.9 Å². The van der Waals surface area contributed by atoms with E-state index in [1.54, 1.807) is 17.0 Å². The number of ether oxygens (including phenoxy) is 2. The molecule has 0 radical (unpaired) electrons. The number of carboxylic acid groups (broad SMARTS) is 1. The van der Waals surface area contributed by atoms with E-state index in [0.29, 0.717) is 30.2 Å². The summed E-state index contributed by atoms with van der Waals surface area (Å²) in [4.78, 5) is 34.5. The Kier molecular flexibility index (Phi) is 9.82. The smallest absolute Gasteiger partial charge is 0.407 e. The van der Waals surface area contributed by atoms with Gasteiger partial charge >= 0.3 is 12.1 Å². The molecule has 3 aromatic rings. The van der Waals surface area contributed by atoms with E-state index in [0.717, 1.165) is 75.5 Å². The van der Waals surface area contributed by atoms with Gasteiger partial charge in [-0.25, -0.2) is 14.6 Å². The fourth-order valence-electron chi connectivity index (χ4n) is 7.08. The van der Waals surface area contributed by atoms with Crippen molar-refractivity contribution >= 4 is 52.3 Å². The van der Waals surface area contributed by atoms with Gasteiger partial charge in [-0.3, -0.25) is 4.90 Å². The molecule has 0 saturated carbocycles. The van der Waals surface area contributed by atoms with Crippen molar-refractivity contribution in [2.75, 3.05) is 63.6 Å². The van der Waals surface area contributed by atoms with E-state index in [1.165, 1.54) is 30.0 Å². The van der Waals surface area contributed by atoms with Gasteiger partial charge in [-0.15, -0.1) is 0 Å². The number of esters is 1. The number of piperazine rings is 1. The maximum absolute atomic E-state index is 12.5. The molecule has 2 saturated heterocycles. The molecule has 1 spiro atoms. The van der Waals surface area contributed by atoms with Gasteiger partial charge in [0.05, 0.1) is 18.3 Å². The van der Waals surface area contributed by atoms with E-state index >= 15 is 0 Å². The van der Waals surface area contributed by atoms with Gasteiger partial charge in [-0.05, 0) is 72.9 Å². The maximum Gasteiger partial charge on any atom is 0.407 e. The first-order chi connectivity index (χ1) is 22.6. The zero-order valence-corrected chi connectivity index (χ0v) is 27.9. The summed E-state index contributed by atoms with van der Waals surface area (Å²) < 4.78 is 11.1. The molecular formula is C35H39Cl2N5O5. The number of anilines is 2. The van der Waals surface area contributed by atoms with Crippen molar-refractivity contribution in [1.82, 2.24) is 14.8 Å². The predicted molar refractivity (Wildman–Crippen MR) is 184 cm³/mol. The summed E-state index contributed by atoms with van der Waals surface area (Å²) in [6.45, 7) is 5.40. The van der Waals surface area contributed by atoms with Crippen molar-refractivity contribution in [1.29, 1.82) is 0 Å². The summed E-state index contributed by atoms with van der Waals surface area (Å²) in [7, 11) is 1.34. The number of piperidine rings is 1. The van der Waals surface area contributed by atoms with Crippen molar-refractivity contribution in [3.8, 4) is 11.5 Å². The van der Waals surface area contributed by atoms with E-state index in [2.05, 4.69) is 26.9 Å².